The van der Waals surface area contributed by atoms with Gasteiger partial charge in [-0.05, 0) is 25.7 Å². The molecule has 232 valence electrons. The molecule has 0 saturated heterocycles. The Morgan fingerprint density at radius 1 is 0.615 bits per heavy atom. The van der Waals surface area contributed by atoms with Gasteiger partial charge in [0, 0.05) is 13.0 Å². The first-order chi connectivity index (χ1) is 19.2. The highest BCUT2D eigenvalue weighted by molar-refractivity contribution is 5.76. The van der Waals surface area contributed by atoms with E-state index in [2.05, 4.69) is 12.2 Å². The summed E-state index contributed by atoms with van der Waals surface area (Å²) in [5.41, 5.74) is 0. The van der Waals surface area contributed by atoms with E-state index < -0.39 is 12.1 Å². The molecule has 0 aromatic heterocycles. The monoisotopic (exact) mass is 554 g/mol. The smallest absolute Gasteiger partial charge is 0.220 e. The molecular weight excluding hydrogens is 486 g/mol. The van der Waals surface area contributed by atoms with Crippen LogP contribution in [0.1, 0.15) is 174 Å². The molecule has 0 saturated carbocycles. The van der Waals surface area contributed by atoms with Crippen LogP contribution in [0.25, 0.3) is 0 Å². The van der Waals surface area contributed by atoms with Gasteiger partial charge in [-0.15, -0.1) is 0 Å². The van der Waals surface area contributed by atoms with Crippen LogP contribution in [0.15, 0.2) is 12.2 Å². The van der Waals surface area contributed by atoms with Crippen molar-refractivity contribution in [2.75, 3.05) is 13.2 Å². The number of aliphatic hydroxyl groups is 3. The highest BCUT2D eigenvalue weighted by Crippen LogP contribution is 2.14. The average Bonchev–Trinajstić information content (AvgIpc) is 2.94. The second kappa shape index (κ2) is 31.6. The summed E-state index contributed by atoms with van der Waals surface area (Å²) in [4.78, 5) is 12.3. The largest absolute Gasteiger partial charge is 0.396 e. The van der Waals surface area contributed by atoms with Gasteiger partial charge in [-0.3, -0.25) is 4.79 Å². The van der Waals surface area contributed by atoms with Gasteiger partial charge >= 0.3 is 0 Å². The lowest BCUT2D eigenvalue weighted by molar-refractivity contribution is -0.123. The molecule has 2 unspecified atom stereocenters. The van der Waals surface area contributed by atoms with Gasteiger partial charge in [-0.1, -0.05) is 154 Å². The maximum Gasteiger partial charge on any atom is 0.220 e. The number of allylic oxidation sites excluding steroid dienone is 1. The van der Waals surface area contributed by atoms with Gasteiger partial charge in [0.2, 0.25) is 5.91 Å². The number of rotatable bonds is 31. The van der Waals surface area contributed by atoms with Crippen molar-refractivity contribution in [1.29, 1.82) is 0 Å². The summed E-state index contributed by atoms with van der Waals surface area (Å²) < 4.78 is 0. The second-order valence-electron chi connectivity index (χ2n) is 11.7. The van der Waals surface area contributed by atoms with Crippen LogP contribution in [-0.4, -0.2) is 46.6 Å². The van der Waals surface area contributed by atoms with Crippen molar-refractivity contribution in [2.45, 2.75) is 186 Å². The van der Waals surface area contributed by atoms with E-state index in [1.807, 2.05) is 6.08 Å². The van der Waals surface area contributed by atoms with Crippen LogP contribution in [-0.2, 0) is 4.79 Å². The third-order valence-corrected chi connectivity index (χ3v) is 7.82. The molecule has 5 heteroatoms. The first kappa shape index (κ1) is 38.1. The molecule has 0 spiro atoms. The van der Waals surface area contributed by atoms with E-state index in [4.69, 9.17) is 5.11 Å². The van der Waals surface area contributed by atoms with Crippen molar-refractivity contribution in [1.82, 2.24) is 5.32 Å². The van der Waals surface area contributed by atoms with Gasteiger partial charge in [0.05, 0.1) is 18.8 Å². The number of carbonyl (C=O) groups excluding carboxylic acids is 1. The van der Waals surface area contributed by atoms with Crippen LogP contribution in [0, 0.1) is 0 Å². The summed E-state index contributed by atoms with van der Waals surface area (Å²) in [7, 11) is 0. The van der Waals surface area contributed by atoms with Gasteiger partial charge in [0.1, 0.15) is 0 Å². The van der Waals surface area contributed by atoms with Crippen molar-refractivity contribution < 1.29 is 20.1 Å². The third kappa shape index (κ3) is 28.4. The zero-order valence-corrected chi connectivity index (χ0v) is 25.9. The summed E-state index contributed by atoms with van der Waals surface area (Å²) in [6.07, 6.45) is 34.4. The second-order valence-corrected chi connectivity index (χ2v) is 11.7. The SMILES string of the molecule is CCCCCCCCCCCCC/C=C/C(O)C(CO)NC(=O)CCCCCCCCCCCCCCCO. The molecule has 5 nitrogen and oxygen atoms in total. The zero-order valence-electron chi connectivity index (χ0n) is 25.9. The van der Waals surface area contributed by atoms with E-state index >= 15 is 0 Å². The summed E-state index contributed by atoms with van der Waals surface area (Å²) in [5.74, 6) is -0.0779. The van der Waals surface area contributed by atoms with E-state index in [1.165, 1.54) is 122 Å². The van der Waals surface area contributed by atoms with Crippen molar-refractivity contribution in [3.05, 3.63) is 12.2 Å². The Balaban J connectivity index is 3.62. The van der Waals surface area contributed by atoms with Crippen molar-refractivity contribution in [2.24, 2.45) is 0 Å². The Morgan fingerprint density at radius 3 is 1.46 bits per heavy atom. The molecule has 39 heavy (non-hydrogen) atoms. The van der Waals surface area contributed by atoms with Crippen molar-refractivity contribution in [3.63, 3.8) is 0 Å². The van der Waals surface area contributed by atoms with Crippen LogP contribution in [0.4, 0.5) is 0 Å². The molecule has 2 atom stereocenters. The molecule has 0 bridgehead atoms. The molecule has 0 aliphatic carbocycles. The fourth-order valence-corrected chi connectivity index (χ4v) is 5.16. The first-order valence-electron chi connectivity index (χ1n) is 17.0. The van der Waals surface area contributed by atoms with Crippen LogP contribution in [0.5, 0.6) is 0 Å². The zero-order chi connectivity index (χ0) is 28.7. The molecule has 0 heterocycles. The van der Waals surface area contributed by atoms with Crippen molar-refractivity contribution in [3.8, 4) is 0 Å². The first-order valence-corrected chi connectivity index (χ1v) is 17.0. The topological polar surface area (TPSA) is 89.8 Å². The summed E-state index contributed by atoms with van der Waals surface area (Å²) in [6, 6.07) is -0.624. The van der Waals surface area contributed by atoms with Gasteiger partial charge in [-0.25, -0.2) is 0 Å². The third-order valence-electron chi connectivity index (χ3n) is 7.82. The van der Waals surface area contributed by atoms with E-state index in [0.29, 0.717) is 13.0 Å². The molecule has 0 aromatic rings. The Bertz CT molecular complexity index is 525. The van der Waals surface area contributed by atoms with Crippen LogP contribution < -0.4 is 5.32 Å². The summed E-state index contributed by atoms with van der Waals surface area (Å²) in [6.45, 7) is 2.34. The maximum absolute atomic E-state index is 12.3. The number of unbranched alkanes of at least 4 members (excludes halogenated alkanes) is 23. The van der Waals surface area contributed by atoms with Crippen LogP contribution >= 0.6 is 0 Å². The molecule has 0 radical (unpaired) electrons. The molecule has 1 amide bonds. The number of carbonyl (C=O) groups is 1. The predicted molar refractivity (Wildman–Crippen MR) is 167 cm³/mol. The predicted octanol–water partition coefficient (Wildman–Crippen LogP) is 8.54. The molecule has 0 aromatic carbocycles. The number of aliphatic hydroxyl groups excluding tert-OH is 3. The fraction of sp³-hybridized carbons (Fsp3) is 0.912. The standard InChI is InChI=1S/C34H67NO4/c1-2-3-4-5-6-7-8-10-13-16-19-22-25-28-33(38)32(31-37)35-34(39)29-26-23-20-17-14-11-9-12-15-18-21-24-27-30-36/h25,28,32-33,36-38H,2-24,26-27,29-31H2,1H3,(H,35,39)/b28-25+. The van der Waals surface area contributed by atoms with E-state index in [9.17, 15) is 15.0 Å². The van der Waals surface area contributed by atoms with E-state index in [1.54, 1.807) is 6.08 Å². The summed E-state index contributed by atoms with van der Waals surface area (Å²) in [5, 5.41) is 31.6. The fourth-order valence-electron chi connectivity index (χ4n) is 5.16. The van der Waals surface area contributed by atoms with Crippen LogP contribution in [0.2, 0.25) is 0 Å². The Morgan fingerprint density at radius 2 is 1.03 bits per heavy atom. The molecule has 4 N–H and O–H groups in total. The number of nitrogens with one attached hydrogen (secondary N) is 1. The Hall–Kier alpha value is -0.910. The Kier molecular flexibility index (Phi) is 30.9. The quantitative estimate of drug-likeness (QED) is 0.0511. The molecule has 0 rings (SSSR count). The minimum atomic E-state index is -0.841. The van der Waals surface area contributed by atoms with Gasteiger partial charge in [0.15, 0.2) is 0 Å². The molecule has 0 fully saturated rings. The molecule has 0 aliphatic rings. The summed E-state index contributed by atoms with van der Waals surface area (Å²) >= 11 is 0. The lowest BCUT2D eigenvalue weighted by Gasteiger charge is -2.20. The lowest BCUT2D eigenvalue weighted by atomic mass is 10.0. The highest BCUT2D eigenvalue weighted by atomic mass is 16.3. The highest BCUT2D eigenvalue weighted by Gasteiger charge is 2.17. The Labute approximate surface area is 242 Å². The minimum absolute atomic E-state index is 0.0779. The molecule has 0 aliphatic heterocycles. The van der Waals surface area contributed by atoms with Gasteiger partial charge < -0.3 is 20.6 Å². The normalized spacial score (nSPS) is 13.2. The van der Waals surface area contributed by atoms with Crippen LogP contribution in [0.3, 0.4) is 0 Å². The lowest BCUT2D eigenvalue weighted by Crippen LogP contribution is -2.45. The van der Waals surface area contributed by atoms with E-state index in [-0.39, 0.29) is 12.5 Å². The molecular formula is C34H67NO4. The van der Waals surface area contributed by atoms with Gasteiger partial charge in [-0.2, -0.15) is 0 Å². The average molecular weight is 554 g/mol. The minimum Gasteiger partial charge on any atom is -0.396 e. The number of hydrogen-bond acceptors (Lipinski definition) is 4. The maximum atomic E-state index is 12.3. The number of amides is 1. The van der Waals surface area contributed by atoms with E-state index in [0.717, 1.165) is 38.5 Å². The number of hydrogen-bond donors (Lipinski definition) is 4. The van der Waals surface area contributed by atoms with Crippen molar-refractivity contribution >= 4 is 5.91 Å². The van der Waals surface area contributed by atoms with Gasteiger partial charge in [0.25, 0.3) is 0 Å².